The summed E-state index contributed by atoms with van der Waals surface area (Å²) in [6, 6.07) is -1.53. The Labute approximate surface area is 142 Å². The lowest BCUT2D eigenvalue weighted by Crippen LogP contribution is -2.68. The molecule has 8 nitrogen and oxygen atoms in total. The van der Waals surface area contributed by atoms with Crippen molar-refractivity contribution in [3.05, 3.63) is 18.2 Å². The highest BCUT2D eigenvalue weighted by Gasteiger charge is 2.11. The molecule has 0 aliphatic rings. The highest BCUT2D eigenvalue weighted by Crippen LogP contribution is 2.04. The van der Waals surface area contributed by atoms with Gasteiger partial charge in [-0.2, -0.15) is 0 Å². The van der Waals surface area contributed by atoms with Crippen LogP contribution in [0.5, 0.6) is 0 Å². The van der Waals surface area contributed by atoms with Crippen LogP contribution in [0.2, 0.25) is 0 Å². The molecule has 0 bridgehead atoms. The maximum Gasteiger partial charge on any atom is 0.243 e. The molecule has 1 rings (SSSR count). The summed E-state index contributed by atoms with van der Waals surface area (Å²) >= 11 is 0. The second-order valence-corrected chi connectivity index (χ2v) is 6.25. The van der Waals surface area contributed by atoms with Gasteiger partial charge in [-0.15, -0.1) is 0 Å². The van der Waals surface area contributed by atoms with Crippen LogP contribution in [0, 0.1) is 6.92 Å². The summed E-state index contributed by atoms with van der Waals surface area (Å²) < 4.78 is 4.20. The highest BCUT2D eigenvalue weighted by molar-refractivity contribution is 5.70. The van der Waals surface area contributed by atoms with Crippen molar-refractivity contribution in [2.45, 2.75) is 70.6 Å². The Morgan fingerprint density at radius 3 is 2.50 bits per heavy atom. The van der Waals surface area contributed by atoms with Crippen LogP contribution >= 0.6 is 0 Å². The number of aryl methyl sites for hydroxylation is 3. The summed E-state index contributed by atoms with van der Waals surface area (Å²) in [6.07, 6.45) is 8.29. The minimum atomic E-state index is -1.20. The molecule has 0 saturated carbocycles. The number of carbonyl (C=O) groups is 2. The summed E-state index contributed by atoms with van der Waals surface area (Å²) in [7, 11) is 0. The van der Waals surface area contributed by atoms with Gasteiger partial charge in [0.25, 0.3) is 0 Å². The number of aromatic nitrogens is 2. The van der Waals surface area contributed by atoms with Gasteiger partial charge in [-0.1, -0.05) is 0 Å². The summed E-state index contributed by atoms with van der Waals surface area (Å²) in [4.78, 5) is 21.1. The van der Waals surface area contributed by atoms with E-state index in [0.717, 1.165) is 44.5 Å². The summed E-state index contributed by atoms with van der Waals surface area (Å²) in [5.41, 5.74) is 10.1. The van der Waals surface area contributed by atoms with E-state index >= 15 is 0 Å². The first-order chi connectivity index (χ1) is 11.3. The molecule has 0 saturated heterocycles. The van der Waals surface area contributed by atoms with Crippen molar-refractivity contribution >= 4 is 11.9 Å². The zero-order chi connectivity index (χ0) is 18.1. The van der Waals surface area contributed by atoms with Crippen molar-refractivity contribution in [3.63, 3.8) is 0 Å². The number of carboxylic acid groups (broad SMARTS) is 2. The number of carbonyl (C=O) groups excluding carboxylic acids is 2. The van der Waals surface area contributed by atoms with E-state index in [1.165, 1.54) is 0 Å². The Balaban J connectivity index is 2.29. The van der Waals surface area contributed by atoms with E-state index < -0.39 is 24.0 Å². The zero-order valence-electron chi connectivity index (χ0n) is 14.3. The maximum atomic E-state index is 10.6. The number of quaternary nitrogens is 1. The van der Waals surface area contributed by atoms with Gasteiger partial charge in [0.05, 0.1) is 25.0 Å². The van der Waals surface area contributed by atoms with Crippen LogP contribution in [0.3, 0.4) is 0 Å². The van der Waals surface area contributed by atoms with Gasteiger partial charge in [-0.05, 0) is 32.1 Å². The second kappa shape index (κ2) is 10.0. The lowest BCUT2D eigenvalue weighted by molar-refractivity contribution is -0.697. The summed E-state index contributed by atoms with van der Waals surface area (Å²) in [5, 5.41) is 21.1. The average Bonchev–Trinajstić information content (AvgIpc) is 2.87. The van der Waals surface area contributed by atoms with E-state index in [-0.39, 0.29) is 0 Å². The van der Waals surface area contributed by atoms with Gasteiger partial charge in [0, 0.05) is 19.4 Å². The molecule has 2 atom stereocenters. The van der Waals surface area contributed by atoms with Gasteiger partial charge >= 0.3 is 0 Å². The molecule has 0 amide bonds. The third kappa shape index (κ3) is 7.10. The third-order valence-corrected chi connectivity index (χ3v) is 4.11. The average molecular weight is 340 g/mol. The Morgan fingerprint density at radius 1 is 1.21 bits per heavy atom. The standard InChI is InChI=1S/C16H28N4O4/c1-12-10-19(8-4-2-6-13(17)15(21)22)11-20(12)9-5-3-7-14(18)16(23)24/h10-11,13-14H,2-9,17-18H2,1H3,(H-,21,22,23,24)/t13-,14-/m0/s1. The Morgan fingerprint density at radius 2 is 1.88 bits per heavy atom. The molecule has 1 heterocycles. The fraction of sp³-hybridized carbons (Fsp3) is 0.688. The molecular formula is C16H28N4O4. The molecule has 0 aromatic carbocycles. The minimum absolute atomic E-state index is 0.424. The Bertz CT molecular complexity index is 544. The minimum Gasteiger partial charge on any atom is -0.548 e. The summed E-state index contributed by atoms with van der Waals surface area (Å²) in [6.45, 7) is 3.65. The summed E-state index contributed by atoms with van der Waals surface area (Å²) in [5.74, 6) is -2.30. The molecule has 1 aromatic heterocycles. The lowest BCUT2D eigenvalue weighted by atomic mass is 10.1. The highest BCUT2D eigenvalue weighted by atomic mass is 16.4. The van der Waals surface area contributed by atoms with Gasteiger partial charge in [0.2, 0.25) is 6.33 Å². The second-order valence-electron chi connectivity index (χ2n) is 6.25. The first-order valence-corrected chi connectivity index (χ1v) is 8.37. The first-order valence-electron chi connectivity index (χ1n) is 8.37. The monoisotopic (exact) mass is 340 g/mol. The molecule has 0 aliphatic carbocycles. The van der Waals surface area contributed by atoms with Crippen molar-refractivity contribution in [1.82, 2.24) is 4.57 Å². The van der Waals surface area contributed by atoms with E-state index in [4.69, 9.17) is 5.73 Å². The van der Waals surface area contributed by atoms with Crippen LogP contribution in [0.4, 0.5) is 0 Å². The number of hydrogen-bond acceptors (Lipinski definition) is 5. The molecular weight excluding hydrogens is 312 g/mol. The normalized spacial score (nSPS) is 13.6. The fourth-order valence-electron chi connectivity index (χ4n) is 2.54. The van der Waals surface area contributed by atoms with Crippen LogP contribution in [0.15, 0.2) is 12.5 Å². The van der Waals surface area contributed by atoms with Crippen molar-refractivity contribution < 1.29 is 30.1 Å². The van der Waals surface area contributed by atoms with Crippen molar-refractivity contribution in [3.8, 4) is 0 Å². The topological polar surface area (TPSA) is 143 Å². The number of hydrogen-bond donors (Lipinski definition) is 2. The molecule has 0 fully saturated rings. The third-order valence-electron chi connectivity index (χ3n) is 4.11. The van der Waals surface area contributed by atoms with E-state index in [9.17, 15) is 19.8 Å². The molecule has 0 unspecified atom stereocenters. The predicted molar refractivity (Wildman–Crippen MR) is 81.7 cm³/mol. The smallest absolute Gasteiger partial charge is 0.243 e. The van der Waals surface area contributed by atoms with Crippen LogP contribution in [-0.2, 0) is 22.7 Å². The quantitative estimate of drug-likeness (QED) is 0.305. The van der Waals surface area contributed by atoms with Gasteiger partial charge in [-0.3, -0.25) is 0 Å². The van der Waals surface area contributed by atoms with Crippen molar-refractivity contribution in [2.24, 2.45) is 5.73 Å². The molecule has 0 aliphatic heterocycles. The van der Waals surface area contributed by atoms with Gasteiger partial charge in [0.15, 0.2) is 0 Å². The molecule has 5 N–H and O–H groups in total. The van der Waals surface area contributed by atoms with Crippen LogP contribution in [-0.4, -0.2) is 28.6 Å². The Kier molecular flexibility index (Phi) is 8.42. The number of nitrogens with two attached hydrogens (primary N) is 1. The van der Waals surface area contributed by atoms with Crippen molar-refractivity contribution in [2.75, 3.05) is 0 Å². The molecule has 1 aromatic rings. The number of rotatable bonds is 12. The van der Waals surface area contributed by atoms with Crippen LogP contribution in [0.25, 0.3) is 0 Å². The molecule has 0 spiro atoms. The van der Waals surface area contributed by atoms with E-state index in [2.05, 4.69) is 14.9 Å². The largest absolute Gasteiger partial charge is 0.548 e. The van der Waals surface area contributed by atoms with Crippen LogP contribution < -0.4 is 26.2 Å². The van der Waals surface area contributed by atoms with E-state index in [1.54, 1.807) is 0 Å². The fourth-order valence-corrected chi connectivity index (χ4v) is 2.54. The molecule has 24 heavy (non-hydrogen) atoms. The van der Waals surface area contributed by atoms with Gasteiger partial charge in [-0.25, -0.2) is 9.13 Å². The number of unbranched alkanes of at least 4 members (excludes halogenated alkanes) is 2. The maximum absolute atomic E-state index is 10.6. The van der Waals surface area contributed by atoms with Crippen LogP contribution in [0.1, 0.15) is 44.2 Å². The zero-order valence-corrected chi connectivity index (χ0v) is 14.3. The first kappa shape index (κ1) is 20.1. The SMILES string of the molecule is Cc1c[n+](CCCC[C@H]([NH3+])C(=O)[O-])cn1CCCC[C@H](N)C(=O)[O-]. The van der Waals surface area contributed by atoms with E-state index in [1.807, 2.05) is 19.4 Å². The lowest BCUT2D eigenvalue weighted by Gasteiger charge is -2.11. The van der Waals surface area contributed by atoms with Gasteiger partial charge < -0.3 is 31.3 Å². The Hall–Kier alpha value is -1.93. The number of aliphatic carboxylic acids is 2. The molecule has 8 heteroatoms. The van der Waals surface area contributed by atoms with Gasteiger partial charge in [0.1, 0.15) is 17.9 Å². The number of carboxylic acids is 2. The predicted octanol–water partition coefficient (Wildman–Crippen LogP) is -3.14. The van der Waals surface area contributed by atoms with Crippen molar-refractivity contribution in [1.29, 1.82) is 0 Å². The molecule has 136 valence electrons. The number of nitrogens with zero attached hydrogens (tertiary/aromatic N) is 2. The molecule has 0 radical (unpaired) electrons. The number of imidazole rings is 1. The van der Waals surface area contributed by atoms with E-state index in [0.29, 0.717) is 12.8 Å².